The van der Waals surface area contributed by atoms with Gasteiger partial charge in [-0.2, -0.15) is 0 Å². The number of nitrogens with zero attached hydrogens (tertiary/aromatic N) is 2. The highest BCUT2D eigenvalue weighted by Gasteiger charge is 2.50. The maximum absolute atomic E-state index is 12.8. The molecule has 9 heteroatoms. The Bertz CT molecular complexity index is 991. The van der Waals surface area contributed by atoms with Crippen molar-refractivity contribution in [1.29, 1.82) is 0 Å². The maximum Gasteiger partial charge on any atom is 0.265 e. The number of halogens is 2. The fourth-order valence-corrected chi connectivity index (χ4v) is 3.23. The van der Waals surface area contributed by atoms with Crippen LogP contribution in [0.15, 0.2) is 53.7 Å². The number of amides is 2. The van der Waals surface area contributed by atoms with Crippen molar-refractivity contribution in [3.8, 4) is 0 Å². The minimum absolute atomic E-state index is 0.0293. The summed E-state index contributed by atoms with van der Waals surface area (Å²) in [5, 5.41) is 0.181. The van der Waals surface area contributed by atoms with Crippen LogP contribution < -0.4 is 15.8 Å². The summed E-state index contributed by atoms with van der Waals surface area (Å²) in [4.78, 5) is 43.2. The first-order valence-electron chi connectivity index (χ1n) is 7.55. The summed E-state index contributed by atoms with van der Waals surface area (Å²) in [5.41, 5.74) is 5.57. The van der Waals surface area contributed by atoms with Gasteiger partial charge < -0.3 is 5.43 Å². The van der Waals surface area contributed by atoms with Gasteiger partial charge in [0.05, 0.1) is 16.3 Å². The van der Waals surface area contributed by atoms with Gasteiger partial charge in [0.2, 0.25) is 5.78 Å². The normalized spacial score (nSPS) is 19.0. The fourth-order valence-electron chi connectivity index (χ4n) is 2.89. The number of rotatable bonds is 3. The molecule has 0 aliphatic carbocycles. The average molecular weight is 389 g/mol. The van der Waals surface area contributed by atoms with Gasteiger partial charge in [-0.15, -0.1) is 0 Å². The summed E-state index contributed by atoms with van der Waals surface area (Å²) >= 11 is 11.9. The molecule has 1 fully saturated rings. The van der Waals surface area contributed by atoms with Crippen LogP contribution in [0.3, 0.4) is 0 Å². The second kappa shape index (κ2) is 6.21. The Morgan fingerprint density at radius 2 is 1.81 bits per heavy atom. The largest absolute Gasteiger partial charge is 0.316 e. The van der Waals surface area contributed by atoms with Crippen molar-refractivity contribution in [2.75, 3.05) is 4.90 Å². The van der Waals surface area contributed by atoms with Crippen LogP contribution in [-0.4, -0.2) is 28.6 Å². The van der Waals surface area contributed by atoms with Crippen molar-refractivity contribution in [3.63, 3.8) is 0 Å². The summed E-state index contributed by atoms with van der Waals surface area (Å²) in [6.07, 6.45) is 0. The smallest absolute Gasteiger partial charge is 0.265 e. The Labute approximate surface area is 157 Å². The lowest BCUT2D eigenvalue weighted by Crippen LogP contribution is -2.42. The van der Waals surface area contributed by atoms with Crippen LogP contribution in [0.1, 0.15) is 10.5 Å². The number of nitrogens with one attached hydrogen (secondary N) is 2. The van der Waals surface area contributed by atoms with E-state index in [1.165, 1.54) is 12.1 Å². The predicted octanol–water partition coefficient (Wildman–Crippen LogP) is 1.88. The van der Waals surface area contributed by atoms with Crippen molar-refractivity contribution in [1.82, 2.24) is 15.8 Å². The van der Waals surface area contributed by atoms with Gasteiger partial charge in [-0.1, -0.05) is 41.4 Å². The third kappa shape index (κ3) is 2.48. The second-order valence-corrected chi connectivity index (χ2v) is 6.39. The van der Waals surface area contributed by atoms with Crippen molar-refractivity contribution >= 4 is 46.5 Å². The highest BCUT2D eigenvalue weighted by molar-refractivity contribution is 6.37. The van der Waals surface area contributed by atoms with Crippen LogP contribution in [0.2, 0.25) is 10.2 Å². The van der Waals surface area contributed by atoms with Crippen LogP contribution in [-0.2, 0) is 9.59 Å². The first kappa shape index (κ1) is 16.7. The van der Waals surface area contributed by atoms with Crippen LogP contribution in [0, 0.1) is 0 Å². The van der Waals surface area contributed by atoms with E-state index in [1.807, 2.05) is 0 Å². The van der Waals surface area contributed by atoms with E-state index in [4.69, 9.17) is 23.2 Å². The van der Waals surface area contributed by atoms with E-state index < -0.39 is 23.6 Å². The van der Waals surface area contributed by atoms with Crippen molar-refractivity contribution in [2.45, 2.75) is 6.04 Å². The third-order valence-electron chi connectivity index (χ3n) is 4.07. The molecule has 0 radical (unpaired) electrons. The molecule has 2 aromatic rings. The number of carbonyl (C=O) groups excluding carboxylic acids is 3. The molecule has 26 heavy (non-hydrogen) atoms. The molecular weight excluding hydrogens is 379 g/mol. The molecule has 0 saturated carbocycles. The van der Waals surface area contributed by atoms with Crippen molar-refractivity contribution in [2.24, 2.45) is 0 Å². The summed E-state index contributed by atoms with van der Waals surface area (Å²) in [6.45, 7) is 0. The van der Waals surface area contributed by atoms with Crippen LogP contribution in [0.5, 0.6) is 0 Å². The van der Waals surface area contributed by atoms with Crippen molar-refractivity contribution < 1.29 is 14.4 Å². The van der Waals surface area contributed by atoms with E-state index in [9.17, 15) is 14.4 Å². The molecule has 1 atom stereocenters. The molecule has 3 heterocycles. The number of para-hydroxylation sites is 1. The quantitative estimate of drug-likeness (QED) is 0.473. The van der Waals surface area contributed by atoms with Gasteiger partial charge in [-0.25, -0.2) is 15.3 Å². The summed E-state index contributed by atoms with van der Waals surface area (Å²) in [7, 11) is 0. The number of ketones is 1. The number of pyridine rings is 1. The topological polar surface area (TPSA) is 91.4 Å². The SMILES string of the molecule is O=C(C1=C2C(=O)N(c3ccccc3)C(=O)C2NN1)c1nc(Cl)ccc1Cl. The van der Waals surface area contributed by atoms with E-state index in [2.05, 4.69) is 15.8 Å². The minimum atomic E-state index is -0.959. The maximum atomic E-state index is 12.8. The molecule has 4 rings (SSSR count). The van der Waals surface area contributed by atoms with Crippen LogP contribution in [0.25, 0.3) is 0 Å². The number of Topliss-reactive ketones (excluding diaryl/α,β-unsaturated/α-hetero) is 1. The standard InChI is InChI=1S/C17H10Cl2N4O3/c18-9-6-7-10(19)20-12(9)15(24)13-11-14(22-21-13)17(26)23(16(11)25)8-4-2-1-3-5-8/h1-7,14,21-22H. The van der Waals surface area contributed by atoms with E-state index >= 15 is 0 Å². The zero-order valence-corrected chi connectivity index (χ0v) is 14.5. The molecule has 1 unspecified atom stereocenters. The van der Waals surface area contributed by atoms with Gasteiger partial charge in [0.25, 0.3) is 11.8 Å². The highest BCUT2D eigenvalue weighted by atomic mass is 35.5. The molecule has 1 aromatic heterocycles. The second-order valence-electron chi connectivity index (χ2n) is 5.60. The lowest BCUT2D eigenvalue weighted by Gasteiger charge is -2.15. The van der Waals surface area contributed by atoms with Crippen LogP contribution in [0.4, 0.5) is 5.69 Å². The third-order valence-corrected chi connectivity index (χ3v) is 4.58. The van der Waals surface area contributed by atoms with Gasteiger partial charge in [0, 0.05) is 0 Å². The summed E-state index contributed by atoms with van der Waals surface area (Å²) in [5.74, 6) is -1.68. The number of carbonyl (C=O) groups is 3. The van der Waals surface area contributed by atoms with Gasteiger partial charge in [0.15, 0.2) is 0 Å². The molecule has 0 bridgehead atoms. The predicted molar refractivity (Wildman–Crippen MR) is 94.6 cm³/mol. The first-order chi connectivity index (χ1) is 12.5. The molecule has 2 N–H and O–H groups in total. The number of allylic oxidation sites excluding steroid dienone is 1. The molecule has 1 saturated heterocycles. The van der Waals surface area contributed by atoms with Gasteiger partial charge >= 0.3 is 0 Å². The molecule has 1 aromatic carbocycles. The summed E-state index contributed by atoms with van der Waals surface area (Å²) in [6, 6.07) is 10.4. The van der Waals surface area contributed by atoms with Gasteiger partial charge in [-0.3, -0.25) is 14.4 Å². The molecule has 2 aliphatic heterocycles. The lowest BCUT2D eigenvalue weighted by molar-refractivity contribution is -0.121. The Kier molecular flexibility index (Phi) is 3.99. The molecule has 2 aliphatic rings. The Balaban J connectivity index is 1.78. The van der Waals surface area contributed by atoms with Gasteiger partial charge in [-0.05, 0) is 24.3 Å². The molecule has 130 valence electrons. The number of anilines is 1. The molecular formula is C17H10Cl2N4O3. The average Bonchev–Trinajstić information content (AvgIpc) is 3.18. The Hall–Kier alpha value is -2.74. The Morgan fingerprint density at radius 3 is 2.54 bits per heavy atom. The van der Waals surface area contributed by atoms with E-state index in [0.29, 0.717) is 5.69 Å². The number of imide groups is 1. The van der Waals surface area contributed by atoms with Crippen molar-refractivity contribution in [3.05, 3.63) is 69.6 Å². The van der Waals surface area contributed by atoms with E-state index in [-0.39, 0.29) is 27.1 Å². The number of benzene rings is 1. The lowest BCUT2D eigenvalue weighted by atomic mass is 10.1. The monoisotopic (exact) mass is 388 g/mol. The Morgan fingerprint density at radius 1 is 1.08 bits per heavy atom. The van der Waals surface area contributed by atoms with E-state index in [0.717, 1.165) is 4.90 Å². The fraction of sp³-hybridized carbons (Fsp3) is 0.0588. The highest BCUT2D eigenvalue weighted by Crippen LogP contribution is 2.31. The zero-order valence-electron chi connectivity index (χ0n) is 13.0. The van der Waals surface area contributed by atoms with E-state index in [1.54, 1.807) is 30.3 Å². The number of aromatic nitrogens is 1. The minimum Gasteiger partial charge on any atom is -0.316 e. The molecule has 0 spiro atoms. The first-order valence-corrected chi connectivity index (χ1v) is 8.30. The number of fused-ring (bicyclic) bond motifs is 1. The molecule has 7 nitrogen and oxygen atoms in total. The number of hydrogen-bond donors (Lipinski definition) is 2. The molecule has 2 amide bonds. The number of hydrogen-bond acceptors (Lipinski definition) is 6. The van der Waals surface area contributed by atoms with Gasteiger partial charge in [0.1, 0.15) is 22.6 Å². The van der Waals surface area contributed by atoms with Crippen LogP contribution >= 0.6 is 23.2 Å². The number of hydrazine groups is 1. The summed E-state index contributed by atoms with van der Waals surface area (Å²) < 4.78 is 0. The zero-order chi connectivity index (χ0) is 18.4.